The third-order valence-corrected chi connectivity index (χ3v) is 3.49. The van der Waals surface area contributed by atoms with Crippen molar-refractivity contribution in [3.8, 4) is 0 Å². The summed E-state index contributed by atoms with van der Waals surface area (Å²) in [6.07, 6.45) is 4.95. The molecule has 0 aromatic rings. The van der Waals surface area contributed by atoms with Crippen LogP contribution >= 0.6 is 12.4 Å². The van der Waals surface area contributed by atoms with Gasteiger partial charge >= 0.3 is 0 Å². The van der Waals surface area contributed by atoms with Crippen LogP contribution in [0.1, 0.15) is 32.6 Å². The smallest absolute Gasteiger partial charge is 0.224 e. The molecule has 0 bridgehead atoms. The van der Waals surface area contributed by atoms with Crippen LogP contribution in [0.4, 0.5) is 0 Å². The average Bonchev–Trinajstić information content (AvgIpc) is 2.35. The van der Waals surface area contributed by atoms with E-state index < -0.39 is 0 Å². The number of nitrogens with two attached hydrogens (primary N) is 1. The highest BCUT2D eigenvalue weighted by Gasteiger charge is 2.21. The van der Waals surface area contributed by atoms with Gasteiger partial charge in [-0.1, -0.05) is 6.92 Å². The maximum Gasteiger partial charge on any atom is 0.224 e. The predicted octanol–water partition coefficient (Wildman–Crippen LogP) is 1.32. The van der Waals surface area contributed by atoms with E-state index in [0.29, 0.717) is 18.6 Å². The third-order valence-electron chi connectivity index (χ3n) is 3.49. The van der Waals surface area contributed by atoms with E-state index >= 15 is 0 Å². The van der Waals surface area contributed by atoms with Crippen molar-refractivity contribution in [1.82, 2.24) is 5.32 Å². The first-order valence-electron chi connectivity index (χ1n) is 6.18. The molecule has 102 valence electrons. The zero-order valence-corrected chi connectivity index (χ0v) is 11.6. The van der Waals surface area contributed by atoms with Crippen molar-refractivity contribution < 1.29 is 9.53 Å². The number of hydrogen-bond acceptors (Lipinski definition) is 3. The second kappa shape index (κ2) is 8.72. The van der Waals surface area contributed by atoms with Crippen LogP contribution in [0.3, 0.4) is 0 Å². The average molecular weight is 265 g/mol. The molecular weight excluding hydrogens is 240 g/mol. The fraction of sp³-hybridized carbons (Fsp3) is 0.917. The second-order valence-corrected chi connectivity index (χ2v) is 4.76. The fourth-order valence-electron chi connectivity index (χ4n) is 2.10. The summed E-state index contributed by atoms with van der Waals surface area (Å²) in [5.41, 5.74) is 5.44. The summed E-state index contributed by atoms with van der Waals surface area (Å²) in [6, 6.07) is 0. The van der Waals surface area contributed by atoms with Crippen molar-refractivity contribution in [1.29, 1.82) is 0 Å². The molecule has 0 heterocycles. The molecule has 0 spiro atoms. The van der Waals surface area contributed by atoms with Gasteiger partial charge in [0.25, 0.3) is 0 Å². The fourth-order valence-corrected chi connectivity index (χ4v) is 2.10. The summed E-state index contributed by atoms with van der Waals surface area (Å²) >= 11 is 0. The van der Waals surface area contributed by atoms with E-state index in [9.17, 15) is 4.79 Å². The van der Waals surface area contributed by atoms with Crippen LogP contribution in [-0.4, -0.2) is 32.2 Å². The molecule has 1 unspecified atom stereocenters. The summed E-state index contributed by atoms with van der Waals surface area (Å²) in [5, 5.41) is 2.98. The molecule has 1 amide bonds. The minimum absolute atomic E-state index is 0. The number of halogens is 1. The van der Waals surface area contributed by atoms with E-state index in [1.54, 1.807) is 7.11 Å². The molecule has 1 atom stereocenters. The van der Waals surface area contributed by atoms with E-state index in [4.69, 9.17) is 10.5 Å². The summed E-state index contributed by atoms with van der Waals surface area (Å²) < 4.78 is 5.32. The SMILES string of the molecule is COC1CCC(CNC(=O)C(C)CN)CC1.Cl. The third kappa shape index (κ3) is 5.70. The van der Waals surface area contributed by atoms with E-state index in [0.717, 1.165) is 32.2 Å². The van der Waals surface area contributed by atoms with Gasteiger partial charge in [-0.05, 0) is 31.6 Å². The van der Waals surface area contributed by atoms with Crippen LogP contribution in [0.5, 0.6) is 0 Å². The van der Waals surface area contributed by atoms with Crippen LogP contribution in [0.15, 0.2) is 0 Å². The Morgan fingerprint density at radius 2 is 2.00 bits per heavy atom. The Labute approximate surface area is 110 Å². The minimum Gasteiger partial charge on any atom is -0.381 e. The Balaban J connectivity index is 0.00000256. The molecule has 0 saturated heterocycles. The van der Waals surface area contributed by atoms with E-state index in [1.807, 2.05) is 6.92 Å². The quantitative estimate of drug-likeness (QED) is 0.787. The monoisotopic (exact) mass is 264 g/mol. The normalized spacial score (nSPS) is 25.8. The first kappa shape index (κ1) is 16.7. The Kier molecular flexibility index (Phi) is 8.56. The molecular formula is C12H25ClN2O2. The lowest BCUT2D eigenvalue weighted by molar-refractivity contribution is -0.124. The van der Waals surface area contributed by atoms with Gasteiger partial charge in [-0.2, -0.15) is 0 Å². The molecule has 4 nitrogen and oxygen atoms in total. The number of methoxy groups -OCH3 is 1. The van der Waals surface area contributed by atoms with Gasteiger partial charge in [0, 0.05) is 26.1 Å². The number of amides is 1. The molecule has 1 fully saturated rings. The van der Waals surface area contributed by atoms with E-state index in [-0.39, 0.29) is 24.2 Å². The summed E-state index contributed by atoms with van der Waals surface area (Å²) in [6.45, 7) is 3.07. The molecule has 5 heteroatoms. The molecule has 1 rings (SSSR count). The van der Waals surface area contributed by atoms with Crippen molar-refractivity contribution in [3.63, 3.8) is 0 Å². The van der Waals surface area contributed by atoms with Crippen molar-refractivity contribution in [3.05, 3.63) is 0 Å². The van der Waals surface area contributed by atoms with Gasteiger partial charge in [-0.15, -0.1) is 12.4 Å². The number of hydrogen-bond donors (Lipinski definition) is 2. The van der Waals surface area contributed by atoms with Crippen molar-refractivity contribution in [2.24, 2.45) is 17.6 Å². The Hall–Kier alpha value is -0.320. The Morgan fingerprint density at radius 3 is 2.47 bits per heavy atom. The topological polar surface area (TPSA) is 64.3 Å². The molecule has 1 saturated carbocycles. The van der Waals surface area contributed by atoms with E-state index in [2.05, 4.69) is 5.32 Å². The first-order valence-corrected chi connectivity index (χ1v) is 6.18. The van der Waals surface area contributed by atoms with Crippen LogP contribution < -0.4 is 11.1 Å². The number of carbonyl (C=O) groups is 1. The first-order chi connectivity index (χ1) is 7.67. The summed E-state index contributed by atoms with van der Waals surface area (Å²) in [5.74, 6) is 0.618. The Bertz CT molecular complexity index is 219. The van der Waals surface area contributed by atoms with Gasteiger partial charge < -0.3 is 15.8 Å². The molecule has 3 N–H and O–H groups in total. The highest BCUT2D eigenvalue weighted by molar-refractivity contribution is 5.85. The van der Waals surface area contributed by atoms with Gasteiger partial charge in [-0.25, -0.2) is 0 Å². The molecule has 1 aliphatic carbocycles. The standard InChI is InChI=1S/C12H24N2O2.ClH/c1-9(7-13)12(15)14-8-10-3-5-11(16-2)6-4-10;/h9-11H,3-8,13H2,1-2H3,(H,14,15);1H. The number of carbonyl (C=O) groups excluding carboxylic acids is 1. The van der Waals surface area contributed by atoms with Gasteiger partial charge in [0.15, 0.2) is 0 Å². The summed E-state index contributed by atoms with van der Waals surface area (Å²) in [4.78, 5) is 11.5. The van der Waals surface area contributed by atoms with Crippen LogP contribution in [0, 0.1) is 11.8 Å². The molecule has 0 aromatic heterocycles. The van der Waals surface area contributed by atoms with Gasteiger partial charge in [-0.3, -0.25) is 4.79 Å². The van der Waals surface area contributed by atoms with E-state index in [1.165, 1.54) is 0 Å². The lowest BCUT2D eigenvalue weighted by Crippen LogP contribution is -2.37. The minimum atomic E-state index is -0.0738. The molecule has 0 radical (unpaired) electrons. The highest BCUT2D eigenvalue weighted by Crippen LogP contribution is 2.25. The second-order valence-electron chi connectivity index (χ2n) is 4.76. The maximum absolute atomic E-state index is 11.5. The summed E-state index contributed by atoms with van der Waals surface area (Å²) in [7, 11) is 1.77. The molecule has 17 heavy (non-hydrogen) atoms. The van der Waals surface area contributed by atoms with Crippen LogP contribution in [0.25, 0.3) is 0 Å². The maximum atomic E-state index is 11.5. The molecule has 1 aliphatic rings. The van der Waals surface area contributed by atoms with Crippen LogP contribution in [0.2, 0.25) is 0 Å². The zero-order valence-electron chi connectivity index (χ0n) is 10.8. The lowest BCUT2D eigenvalue weighted by atomic mass is 9.87. The van der Waals surface area contributed by atoms with Gasteiger partial charge in [0.05, 0.1) is 6.10 Å². The molecule has 0 aromatic carbocycles. The van der Waals surface area contributed by atoms with Gasteiger partial charge in [0.1, 0.15) is 0 Å². The Morgan fingerprint density at radius 1 is 1.41 bits per heavy atom. The van der Waals surface area contributed by atoms with Crippen molar-refractivity contribution in [2.45, 2.75) is 38.7 Å². The predicted molar refractivity (Wildman–Crippen MR) is 71.2 cm³/mol. The molecule has 0 aliphatic heterocycles. The van der Waals surface area contributed by atoms with Crippen molar-refractivity contribution in [2.75, 3.05) is 20.2 Å². The lowest BCUT2D eigenvalue weighted by Gasteiger charge is -2.27. The van der Waals surface area contributed by atoms with Crippen molar-refractivity contribution >= 4 is 18.3 Å². The highest BCUT2D eigenvalue weighted by atomic mass is 35.5. The zero-order chi connectivity index (χ0) is 12.0. The van der Waals surface area contributed by atoms with Crippen LogP contribution in [-0.2, 0) is 9.53 Å². The number of ether oxygens (including phenoxy) is 1. The van der Waals surface area contributed by atoms with Gasteiger partial charge in [0.2, 0.25) is 5.91 Å². The number of nitrogens with one attached hydrogen (secondary N) is 1. The largest absolute Gasteiger partial charge is 0.381 e. The number of rotatable bonds is 5.